The number of ketones is 1. The standard InChI is InChI=1S/C17H11F2NO/c1-10-8-16(20-15-5-3-2-4-12(10)15)17(21)13-7-6-11(18)9-14(13)19/h2-9H,1H3. The zero-order chi connectivity index (χ0) is 15.0. The minimum atomic E-state index is -0.882. The van der Waals surface area contributed by atoms with E-state index in [1.165, 1.54) is 0 Å². The minimum absolute atomic E-state index is 0.150. The molecule has 4 heteroatoms. The Bertz CT molecular complexity index is 859. The van der Waals surface area contributed by atoms with Gasteiger partial charge in [-0.15, -0.1) is 0 Å². The highest BCUT2D eigenvalue weighted by molar-refractivity contribution is 6.09. The highest BCUT2D eigenvalue weighted by Gasteiger charge is 2.17. The van der Waals surface area contributed by atoms with Gasteiger partial charge >= 0.3 is 0 Å². The molecule has 21 heavy (non-hydrogen) atoms. The Morgan fingerprint density at radius 3 is 2.57 bits per heavy atom. The molecule has 2 aromatic carbocycles. The molecular formula is C17H11F2NO. The molecule has 0 aliphatic heterocycles. The lowest BCUT2D eigenvalue weighted by molar-refractivity contribution is 0.103. The lowest BCUT2D eigenvalue weighted by atomic mass is 10.0. The van der Waals surface area contributed by atoms with Crippen LogP contribution in [0.2, 0.25) is 0 Å². The summed E-state index contributed by atoms with van der Waals surface area (Å²) >= 11 is 0. The molecule has 0 spiro atoms. The molecule has 3 aromatic rings. The van der Waals surface area contributed by atoms with Gasteiger partial charge in [0.15, 0.2) is 0 Å². The molecule has 104 valence electrons. The van der Waals surface area contributed by atoms with Gasteiger partial charge < -0.3 is 0 Å². The van der Waals surface area contributed by atoms with Gasteiger partial charge in [-0.05, 0) is 36.8 Å². The number of rotatable bonds is 2. The van der Waals surface area contributed by atoms with Crippen molar-refractivity contribution in [1.82, 2.24) is 4.98 Å². The third-order valence-corrected chi connectivity index (χ3v) is 3.33. The molecule has 0 fully saturated rings. The van der Waals surface area contributed by atoms with Crippen LogP contribution in [0.25, 0.3) is 10.9 Å². The molecule has 1 heterocycles. The summed E-state index contributed by atoms with van der Waals surface area (Å²) in [7, 11) is 0. The van der Waals surface area contributed by atoms with Crippen LogP contribution in [0.5, 0.6) is 0 Å². The molecule has 0 N–H and O–H groups in total. The second-order valence-corrected chi connectivity index (χ2v) is 4.79. The van der Waals surface area contributed by atoms with Crippen molar-refractivity contribution in [2.24, 2.45) is 0 Å². The van der Waals surface area contributed by atoms with Gasteiger partial charge in [0.05, 0.1) is 11.1 Å². The van der Waals surface area contributed by atoms with Crippen LogP contribution < -0.4 is 0 Å². The molecule has 0 atom stereocenters. The monoisotopic (exact) mass is 283 g/mol. The first kappa shape index (κ1) is 13.4. The number of hydrogen-bond acceptors (Lipinski definition) is 2. The Morgan fingerprint density at radius 1 is 1.05 bits per heavy atom. The van der Waals surface area contributed by atoms with Crippen LogP contribution in [0.15, 0.2) is 48.5 Å². The molecule has 0 aliphatic carbocycles. The first-order valence-corrected chi connectivity index (χ1v) is 6.42. The van der Waals surface area contributed by atoms with E-state index in [9.17, 15) is 13.6 Å². The number of carbonyl (C=O) groups excluding carboxylic acids is 1. The van der Waals surface area contributed by atoms with Crippen molar-refractivity contribution in [3.05, 3.63) is 77.0 Å². The Kier molecular flexibility index (Phi) is 3.22. The second-order valence-electron chi connectivity index (χ2n) is 4.79. The van der Waals surface area contributed by atoms with Crippen molar-refractivity contribution in [2.75, 3.05) is 0 Å². The Morgan fingerprint density at radius 2 is 1.81 bits per heavy atom. The maximum atomic E-state index is 13.7. The lowest BCUT2D eigenvalue weighted by Crippen LogP contribution is -2.07. The van der Waals surface area contributed by atoms with E-state index in [1.54, 1.807) is 12.1 Å². The van der Waals surface area contributed by atoms with E-state index in [0.717, 1.165) is 23.1 Å². The second kappa shape index (κ2) is 5.05. The number of carbonyl (C=O) groups is 1. The average Bonchev–Trinajstić information content (AvgIpc) is 2.46. The summed E-state index contributed by atoms with van der Waals surface area (Å²) in [5.74, 6) is -2.15. The molecule has 0 saturated carbocycles. The van der Waals surface area contributed by atoms with Crippen molar-refractivity contribution in [2.45, 2.75) is 6.92 Å². The molecule has 0 bridgehead atoms. The zero-order valence-electron chi connectivity index (χ0n) is 11.2. The highest BCUT2D eigenvalue weighted by atomic mass is 19.1. The quantitative estimate of drug-likeness (QED) is 0.664. The summed E-state index contributed by atoms with van der Waals surface area (Å²) < 4.78 is 26.6. The van der Waals surface area contributed by atoms with Crippen molar-refractivity contribution in [3.63, 3.8) is 0 Å². The van der Waals surface area contributed by atoms with Gasteiger partial charge in [-0.25, -0.2) is 13.8 Å². The van der Waals surface area contributed by atoms with Gasteiger partial charge in [0.25, 0.3) is 0 Å². The predicted molar refractivity (Wildman–Crippen MR) is 76.3 cm³/mol. The molecular weight excluding hydrogens is 272 g/mol. The minimum Gasteiger partial charge on any atom is -0.287 e. The lowest BCUT2D eigenvalue weighted by Gasteiger charge is -2.06. The number of nitrogens with zero attached hydrogens (tertiary/aromatic N) is 1. The molecule has 0 unspecified atom stereocenters. The number of benzene rings is 2. The number of hydrogen-bond donors (Lipinski definition) is 0. The first-order valence-electron chi connectivity index (χ1n) is 6.42. The zero-order valence-corrected chi connectivity index (χ0v) is 11.2. The molecule has 0 amide bonds. The number of halogens is 2. The van der Waals surface area contributed by atoms with Crippen molar-refractivity contribution >= 4 is 16.7 Å². The normalized spacial score (nSPS) is 10.8. The Hall–Kier alpha value is -2.62. The van der Waals surface area contributed by atoms with Crippen molar-refractivity contribution < 1.29 is 13.6 Å². The van der Waals surface area contributed by atoms with E-state index < -0.39 is 17.4 Å². The topological polar surface area (TPSA) is 30.0 Å². The van der Waals surface area contributed by atoms with Crippen molar-refractivity contribution in [1.29, 1.82) is 0 Å². The fraction of sp³-hybridized carbons (Fsp3) is 0.0588. The summed E-state index contributed by atoms with van der Waals surface area (Å²) in [6.07, 6.45) is 0. The van der Waals surface area contributed by atoms with E-state index in [0.29, 0.717) is 11.6 Å². The number of aryl methyl sites for hydroxylation is 1. The van der Waals surface area contributed by atoms with E-state index in [-0.39, 0.29) is 11.3 Å². The van der Waals surface area contributed by atoms with Gasteiger partial charge in [-0.3, -0.25) is 4.79 Å². The summed E-state index contributed by atoms with van der Waals surface area (Å²) in [5, 5.41) is 0.939. The van der Waals surface area contributed by atoms with Gasteiger partial charge in [0.2, 0.25) is 5.78 Å². The maximum absolute atomic E-state index is 13.7. The molecule has 0 aliphatic rings. The summed E-state index contributed by atoms with van der Waals surface area (Å²) in [6, 6.07) is 11.9. The van der Waals surface area contributed by atoms with E-state index >= 15 is 0 Å². The van der Waals surface area contributed by atoms with Crippen LogP contribution in [-0.2, 0) is 0 Å². The van der Waals surface area contributed by atoms with E-state index in [4.69, 9.17) is 0 Å². The molecule has 2 nitrogen and oxygen atoms in total. The summed E-state index contributed by atoms with van der Waals surface area (Å²) in [4.78, 5) is 16.6. The molecule has 1 aromatic heterocycles. The molecule has 0 saturated heterocycles. The summed E-state index contributed by atoms with van der Waals surface area (Å²) in [5.41, 5.74) is 1.52. The van der Waals surface area contributed by atoms with Gasteiger partial charge in [0.1, 0.15) is 17.3 Å². The van der Waals surface area contributed by atoms with E-state index in [1.807, 2.05) is 25.1 Å². The smallest absolute Gasteiger partial charge is 0.214 e. The largest absolute Gasteiger partial charge is 0.287 e. The summed E-state index contributed by atoms with van der Waals surface area (Å²) in [6.45, 7) is 1.86. The maximum Gasteiger partial charge on any atom is 0.214 e. The van der Waals surface area contributed by atoms with Gasteiger partial charge in [0, 0.05) is 11.5 Å². The van der Waals surface area contributed by atoms with Gasteiger partial charge in [-0.1, -0.05) is 18.2 Å². The number of pyridine rings is 1. The SMILES string of the molecule is Cc1cc(C(=O)c2ccc(F)cc2F)nc2ccccc12. The Balaban J connectivity index is 2.13. The van der Waals surface area contributed by atoms with Crippen LogP contribution in [-0.4, -0.2) is 10.8 Å². The predicted octanol–water partition coefficient (Wildman–Crippen LogP) is 4.05. The van der Waals surface area contributed by atoms with Crippen LogP contribution >= 0.6 is 0 Å². The fourth-order valence-corrected chi connectivity index (χ4v) is 2.28. The number of fused-ring (bicyclic) bond motifs is 1. The van der Waals surface area contributed by atoms with Crippen LogP contribution in [0.4, 0.5) is 8.78 Å². The fourth-order valence-electron chi connectivity index (χ4n) is 2.28. The third-order valence-electron chi connectivity index (χ3n) is 3.33. The molecule has 0 radical (unpaired) electrons. The van der Waals surface area contributed by atoms with Crippen LogP contribution in [0.3, 0.4) is 0 Å². The third kappa shape index (κ3) is 2.40. The highest BCUT2D eigenvalue weighted by Crippen LogP contribution is 2.20. The number of para-hydroxylation sites is 1. The average molecular weight is 283 g/mol. The first-order chi connectivity index (χ1) is 10.1. The molecule has 3 rings (SSSR count). The van der Waals surface area contributed by atoms with E-state index in [2.05, 4.69) is 4.98 Å². The Labute approximate surface area is 120 Å². The van der Waals surface area contributed by atoms with Crippen LogP contribution in [0, 0.1) is 18.6 Å². The van der Waals surface area contributed by atoms with Crippen LogP contribution in [0.1, 0.15) is 21.6 Å². The number of aromatic nitrogens is 1. The van der Waals surface area contributed by atoms with Crippen molar-refractivity contribution in [3.8, 4) is 0 Å². The van der Waals surface area contributed by atoms with Gasteiger partial charge in [-0.2, -0.15) is 0 Å².